The van der Waals surface area contributed by atoms with Gasteiger partial charge >= 0.3 is 6.18 Å². The lowest BCUT2D eigenvalue weighted by Gasteiger charge is -2.09. The SMILES string of the molecule is O=COCNc1cccc(C(F)(F)F)c1. The number of ether oxygens (including phenoxy) is 1. The first-order valence-corrected chi connectivity index (χ1v) is 4.00. The van der Waals surface area contributed by atoms with Crippen LogP contribution in [-0.2, 0) is 15.7 Å². The van der Waals surface area contributed by atoms with Crippen LogP contribution in [-0.4, -0.2) is 13.2 Å². The molecular weight excluding hydrogens is 211 g/mol. The second-order valence-electron chi connectivity index (χ2n) is 2.66. The zero-order valence-electron chi connectivity index (χ0n) is 7.54. The fourth-order valence-corrected chi connectivity index (χ4v) is 0.965. The smallest absolute Gasteiger partial charge is 0.416 e. The molecule has 0 aliphatic heterocycles. The number of anilines is 1. The molecule has 0 saturated heterocycles. The Morgan fingerprint density at radius 1 is 1.40 bits per heavy atom. The zero-order valence-corrected chi connectivity index (χ0v) is 7.54. The summed E-state index contributed by atoms with van der Waals surface area (Å²) in [6.45, 7) is 0.0470. The van der Waals surface area contributed by atoms with Gasteiger partial charge in [-0.25, -0.2) is 0 Å². The van der Waals surface area contributed by atoms with Gasteiger partial charge in [-0.1, -0.05) is 6.07 Å². The van der Waals surface area contributed by atoms with Crippen molar-refractivity contribution in [1.82, 2.24) is 0 Å². The van der Waals surface area contributed by atoms with Crippen molar-refractivity contribution in [1.29, 1.82) is 0 Å². The molecule has 0 amide bonds. The Balaban J connectivity index is 2.70. The number of carbonyl (C=O) groups is 1. The van der Waals surface area contributed by atoms with Crippen molar-refractivity contribution >= 4 is 12.2 Å². The molecule has 0 fully saturated rings. The molecule has 6 heteroatoms. The number of benzene rings is 1. The van der Waals surface area contributed by atoms with Crippen LogP contribution >= 0.6 is 0 Å². The molecule has 0 unspecified atom stereocenters. The van der Waals surface area contributed by atoms with Crippen LogP contribution in [0.4, 0.5) is 18.9 Å². The second-order valence-corrected chi connectivity index (χ2v) is 2.66. The van der Waals surface area contributed by atoms with Gasteiger partial charge in [0.15, 0.2) is 6.73 Å². The van der Waals surface area contributed by atoms with E-state index in [-0.39, 0.29) is 18.9 Å². The Hall–Kier alpha value is -1.72. The van der Waals surface area contributed by atoms with Gasteiger partial charge in [-0.15, -0.1) is 0 Å². The van der Waals surface area contributed by atoms with E-state index in [1.54, 1.807) is 0 Å². The number of rotatable bonds is 4. The van der Waals surface area contributed by atoms with Crippen LogP contribution in [0, 0.1) is 0 Å². The normalized spacial score (nSPS) is 10.9. The number of hydrogen-bond donors (Lipinski definition) is 1. The fraction of sp³-hybridized carbons (Fsp3) is 0.222. The topological polar surface area (TPSA) is 38.3 Å². The van der Waals surface area contributed by atoms with Crippen LogP contribution in [0.5, 0.6) is 0 Å². The van der Waals surface area contributed by atoms with E-state index in [1.807, 2.05) is 0 Å². The second kappa shape index (κ2) is 4.68. The first-order valence-electron chi connectivity index (χ1n) is 4.00. The lowest BCUT2D eigenvalue weighted by Crippen LogP contribution is -2.08. The summed E-state index contributed by atoms with van der Waals surface area (Å²) >= 11 is 0. The minimum Gasteiger partial charge on any atom is -0.447 e. The van der Waals surface area contributed by atoms with Crippen molar-refractivity contribution in [2.75, 3.05) is 12.0 Å². The Morgan fingerprint density at radius 2 is 2.13 bits per heavy atom. The summed E-state index contributed by atoms with van der Waals surface area (Å²) < 4.78 is 41.0. The maximum absolute atomic E-state index is 12.2. The third kappa shape index (κ3) is 3.49. The van der Waals surface area contributed by atoms with Crippen molar-refractivity contribution in [2.45, 2.75) is 6.18 Å². The largest absolute Gasteiger partial charge is 0.447 e. The van der Waals surface area contributed by atoms with E-state index in [1.165, 1.54) is 12.1 Å². The van der Waals surface area contributed by atoms with Crippen LogP contribution in [0.25, 0.3) is 0 Å². The zero-order chi connectivity index (χ0) is 11.3. The van der Waals surface area contributed by atoms with Crippen molar-refractivity contribution in [3.05, 3.63) is 29.8 Å². The molecule has 15 heavy (non-hydrogen) atoms. The van der Waals surface area contributed by atoms with E-state index >= 15 is 0 Å². The molecule has 0 aliphatic carbocycles. The Bertz CT molecular complexity index is 338. The van der Waals surface area contributed by atoms with E-state index in [0.717, 1.165) is 12.1 Å². The van der Waals surface area contributed by atoms with Gasteiger partial charge in [0.1, 0.15) is 0 Å². The number of alkyl halides is 3. The van der Waals surface area contributed by atoms with Crippen LogP contribution in [0.2, 0.25) is 0 Å². The molecule has 0 heterocycles. The highest BCUT2D eigenvalue weighted by molar-refractivity contribution is 5.46. The maximum Gasteiger partial charge on any atom is 0.416 e. The van der Waals surface area contributed by atoms with E-state index in [4.69, 9.17) is 0 Å². The highest BCUT2D eigenvalue weighted by Gasteiger charge is 2.30. The summed E-state index contributed by atoms with van der Waals surface area (Å²) in [5, 5.41) is 2.50. The van der Waals surface area contributed by atoms with Crippen molar-refractivity contribution in [3.63, 3.8) is 0 Å². The molecule has 1 rings (SSSR count). The summed E-state index contributed by atoms with van der Waals surface area (Å²) in [5.74, 6) is 0. The van der Waals surface area contributed by atoms with Gasteiger partial charge in [-0.05, 0) is 18.2 Å². The molecule has 1 N–H and O–H groups in total. The molecule has 0 radical (unpaired) electrons. The molecule has 0 bridgehead atoms. The molecule has 0 spiro atoms. The summed E-state index contributed by atoms with van der Waals surface area (Å²) in [4.78, 5) is 9.78. The molecule has 0 saturated carbocycles. The monoisotopic (exact) mass is 219 g/mol. The standard InChI is InChI=1S/C9H8F3NO2/c10-9(11,12)7-2-1-3-8(4-7)13-5-15-6-14/h1-4,6,13H,5H2. The van der Waals surface area contributed by atoms with Gasteiger partial charge in [-0.3, -0.25) is 4.79 Å². The highest BCUT2D eigenvalue weighted by Crippen LogP contribution is 2.30. The van der Waals surface area contributed by atoms with E-state index in [2.05, 4.69) is 10.1 Å². The molecule has 82 valence electrons. The Labute approximate surface area is 83.8 Å². The molecule has 0 aliphatic rings. The van der Waals surface area contributed by atoms with Gasteiger partial charge in [-0.2, -0.15) is 13.2 Å². The van der Waals surface area contributed by atoms with Crippen LogP contribution < -0.4 is 5.32 Å². The summed E-state index contributed by atoms with van der Waals surface area (Å²) in [5.41, 5.74) is -0.509. The first-order chi connectivity index (χ1) is 7.04. The molecule has 3 nitrogen and oxygen atoms in total. The molecule has 1 aromatic rings. The third-order valence-corrected chi connectivity index (χ3v) is 1.62. The van der Waals surface area contributed by atoms with E-state index in [0.29, 0.717) is 0 Å². The van der Waals surface area contributed by atoms with Gasteiger partial charge in [0.2, 0.25) is 0 Å². The summed E-state index contributed by atoms with van der Waals surface area (Å²) in [7, 11) is 0. The highest BCUT2D eigenvalue weighted by atomic mass is 19.4. The molecule has 1 aromatic carbocycles. The molecule has 0 atom stereocenters. The fourth-order valence-electron chi connectivity index (χ4n) is 0.965. The third-order valence-electron chi connectivity index (χ3n) is 1.62. The van der Waals surface area contributed by atoms with Gasteiger partial charge < -0.3 is 10.1 Å². The van der Waals surface area contributed by atoms with Gasteiger partial charge in [0.25, 0.3) is 6.47 Å². The average molecular weight is 219 g/mol. The maximum atomic E-state index is 12.2. The number of hydrogen-bond acceptors (Lipinski definition) is 3. The summed E-state index contributed by atoms with van der Waals surface area (Å²) in [6.07, 6.45) is -4.37. The van der Waals surface area contributed by atoms with Crippen molar-refractivity contribution in [2.24, 2.45) is 0 Å². The predicted molar refractivity (Wildman–Crippen MR) is 47.1 cm³/mol. The van der Waals surface area contributed by atoms with Crippen LogP contribution in [0.15, 0.2) is 24.3 Å². The predicted octanol–water partition coefficient (Wildman–Crippen LogP) is 2.25. The van der Waals surface area contributed by atoms with Crippen LogP contribution in [0.3, 0.4) is 0 Å². The first kappa shape index (κ1) is 11.4. The molecular formula is C9H8F3NO2. The lowest BCUT2D eigenvalue weighted by molar-refractivity contribution is -0.137. The van der Waals surface area contributed by atoms with E-state index in [9.17, 15) is 18.0 Å². The Morgan fingerprint density at radius 3 is 2.73 bits per heavy atom. The van der Waals surface area contributed by atoms with Crippen molar-refractivity contribution in [3.8, 4) is 0 Å². The quantitative estimate of drug-likeness (QED) is 0.479. The van der Waals surface area contributed by atoms with Crippen molar-refractivity contribution < 1.29 is 22.7 Å². The summed E-state index contributed by atoms with van der Waals surface area (Å²) in [6, 6.07) is 4.62. The van der Waals surface area contributed by atoms with E-state index < -0.39 is 11.7 Å². The number of nitrogens with one attached hydrogen (secondary N) is 1. The number of carbonyl (C=O) groups excluding carboxylic acids is 1. The van der Waals surface area contributed by atoms with Gasteiger partial charge in [0, 0.05) is 5.69 Å². The number of halogens is 3. The minimum atomic E-state index is -4.37. The lowest BCUT2D eigenvalue weighted by atomic mass is 10.2. The average Bonchev–Trinajstić information content (AvgIpc) is 2.17. The molecule has 0 aromatic heterocycles. The minimum absolute atomic E-state index is 0.162. The Kier molecular flexibility index (Phi) is 3.54. The van der Waals surface area contributed by atoms with Gasteiger partial charge in [0.05, 0.1) is 5.56 Å². The van der Waals surface area contributed by atoms with Crippen LogP contribution in [0.1, 0.15) is 5.56 Å².